The Kier molecular flexibility index (Phi) is 2.49. The highest BCUT2D eigenvalue weighted by Gasteiger charge is 2.32. The monoisotopic (exact) mass is 261 g/mol. The summed E-state index contributed by atoms with van der Waals surface area (Å²) in [6.45, 7) is 2.11. The van der Waals surface area contributed by atoms with Gasteiger partial charge in [0.05, 0.1) is 5.69 Å². The molecule has 0 saturated carbocycles. The Morgan fingerprint density at radius 3 is 2.95 bits per heavy atom. The number of ether oxygens (including phenoxy) is 1. The second kappa shape index (κ2) is 4.34. The van der Waals surface area contributed by atoms with Crippen LogP contribution in [0, 0.1) is 0 Å². The van der Waals surface area contributed by atoms with Gasteiger partial charge in [-0.2, -0.15) is 0 Å². The van der Waals surface area contributed by atoms with Gasteiger partial charge in [-0.15, -0.1) is 0 Å². The first kappa shape index (κ1) is 11.5. The highest BCUT2D eigenvalue weighted by Crippen LogP contribution is 2.43. The van der Waals surface area contributed by atoms with Crippen LogP contribution in [-0.2, 0) is 0 Å². The average Bonchev–Trinajstić information content (AvgIpc) is 2.84. The van der Waals surface area contributed by atoms with Crippen LogP contribution in [-0.4, -0.2) is 11.1 Å². The predicted molar refractivity (Wildman–Crippen MR) is 79.7 cm³/mol. The summed E-state index contributed by atoms with van der Waals surface area (Å²) in [5.41, 5.74) is 4.63. The summed E-state index contributed by atoms with van der Waals surface area (Å²) in [7, 11) is 0. The Bertz CT molecular complexity index is 715. The summed E-state index contributed by atoms with van der Waals surface area (Å²) in [6.07, 6.45) is 8.58. The number of aromatic nitrogens is 1. The van der Waals surface area contributed by atoms with E-state index in [1.54, 1.807) is 0 Å². The Labute approximate surface area is 118 Å². The Hall–Kier alpha value is -2.35. The van der Waals surface area contributed by atoms with Gasteiger partial charge in [-0.05, 0) is 31.2 Å². The van der Waals surface area contributed by atoms with Gasteiger partial charge in [0.25, 0.3) is 0 Å². The molecule has 0 radical (unpaired) electrons. The second-order valence-electron chi connectivity index (χ2n) is 5.35. The van der Waals surface area contributed by atoms with Crippen LogP contribution < -0.4 is 4.74 Å². The molecule has 2 aromatic rings. The number of hydrogen-bond acceptors (Lipinski definition) is 2. The number of fused-ring (bicyclic) bond motifs is 3. The fourth-order valence-electron chi connectivity index (χ4n) is 2.92. The third kappa shape index (κ3) is 1.76. The summed E-state index contributed by atoms with van der Waals surface area (Å²) in [6, 6.07) is 12.4. The Morgan fingerprint density at radius 2 is 2.10 bits per heavy atom. The molecule has 0 saturated heterocycles. The minimum Gasteiger partial charge on any atom is -0.485 e. The molecule has 0 spiro atoms. The van der Waals surface area contributed by atoms with Crippen LogP contribution in [0.1, 0.15) is 18.4 Å². The largest absolute Gasteiger partial charge is 0.485 e. The van der Waals surface area contributed by atoms with Gasteiger partial charge in [-0.1, -0.05) is 35.9 Å². The standard InChI is InChI=1S/C18H15NO/c1-12-5-7-14-15-8-6-13(16-4-2-3-9-19-16)11-18(15)20-17(14)10-12/h2-11,14,17H,1H3/t14-,17-/m0/s1. The molecule has 4 rings (SSSR count). The van der Waals surface area contributed by atoms with E-state index in [4.69, 9.17) is 4.74 Å². The molecule has 2 atom stereocenters. The molecule has 2 heteroatoms. The van der Waals surface area contributed by atoms with Gasteiger partial charge in [0.1, 0.15) is 11.9 Å². The first-order chi connectivity index (χ1) is 9.81. The van der Waals surface area contributed by atoms with E-state index in [0.717, 1.165) is 17.0 Å². The minimum atomic E-state index is 0.147. The highest BCUT2D eigenvalue weighted by atomic mass is 16.5. The Balaban J connectivity index is 1.75. The molecule has 1 aromatic carbocycles. The van der Waals surface area contributed by atoms with Crippen LogP contribution in [0.2, 0.25) is 0 Å². The number of allylic oxidation sites excluding steroid dienone is 2. The molecule has 1 aliphatic heterocycles. The van der Waals surface area contributed by atoms with E-state index in [9.17, 15) is 0 Å². The lowest BCUT2D eigenvalue weighted by atomic mass is 9.89. The van der Waals surface area contributed by atoms with E-state index in [-0.39, 0.29) is 6.10 Å². The van der Waals surface area contributed by atoms with Crippen molar-refractivity contribution in [2.24, 2.45) is 0 Å². The van der Waals surface area contributed by atoms with Gasteiger partial charge < -0.3 is 4.74 Å². The SMILES string of the molecule is CC1=C[C@@H]2Oc3cc(-c4ccccn4)ccc3[C@@H]2C=C1. The van der Waals surface area contributed by atoms with Gasteiger partial charge in [0.2, 0.25) is 0 Å². The third-order valence-corrected chi connectivity index (χ3v) is 3.94. The summed E-state index contributed by atoms with van der Waals surface area (Å²) in [5.74, 6) is 1.34. The van der Waals surface area contributed by atoms with Crippen molar-refractivity contribution in [1.82, 2.24) is 4.98 Å². The van der Waals surface area contributed by atoms with Crippen molar-refractivity contribution in [3.8, 4) is 17.0 Å². The number of nitrogens with zero attached hydrogens (tertiary/aromatic N) is 1. The van der Waals surface area contributed by atoms with Crippen molar-refractivity contribution in [2.45, 2.75) is 18.9 Å². The molecule has 2 aliphatic rings. The van der Waals surface area contributed by atoms with Crippen LogP contribution in [0.15, 0.2) is 66.4 Å². The van der Waals surface area contributed by atoms with Crippen LogP contribution in [0.25, 0.3) is 11.3 Å². The number of rotatable bonds is 1. The summed E-state index contributed by atoms with van der Waals surface area (Å²) < 4.78 is 6.09. The molecule has 98 valence electrons. The van der Waals surface area contributed by atoms with Crippen molar-refractivity contribution in [3.05, 3.63) is 72.0 Å². The molecule has 1 aliphatic carbocycles. The lowest BCUT2D eigenvalue weighted by Crippen LogP contribution is -2.16. The third-order valence-electron chi connectivity index (χ3n) is 3.94. The van der Waals surface area contributed by atoms with Crippen LogP contribution in [0.4, 0.5) is 0 Å². The second-order valence-corrected chi connectivity index (χ2v) is 5.35. The van der Waals surface area contributed by atoms with Gasteiger partial charge in [0.15, 0.2) is 0 Å². The lowest BCUT2D eigenvalue weighted by molar-refractivity contribution is 0.268. The molecule has 1 aromatic heterocycles. The molecular weight excluding hydrogens is 246 g/mol. The quantitative estimate of drug-likeness (QED) is 0.770. The van der Waals surface area contributed by atoms with Crippen molar-refractivity contribution < 1.29 is 4.74 Å². The summed E-state index contributed by atoms with van der Waals surface area (Å²) >= 11 is 0. The molecule has 20 heavy (non-hydrogen) atoms. The van der Waals surface area contributed by atoms with Gasteiger partial charge >= 0.3 is 0 Å². The zero-order chi connectivity index (χ0) is 13.5. The van der Waals surface area contributed by atoms with E-state index in [0.29, 0.717) is 5.92 Å². The van der Waals surface area contributed by atoms with E-state index in [2.05, 4.69) is 48.3 Å². The molecule has 0 unspecified atom stereocenters. The van der Waals surface area contributed by atoms with E-state index in [1.165, 1.54) is 11.1 Å². The molecule has 2 heterocycles. The fraction of sp³-hybridized carbons (Fsp3) is 0.167. The maximum Gasteiger partial charge on any atom is 0.128 e. The highest BCUT2D eigenvalue weighted by molar-refractivity contribution is 5.64. The summed E-state index contributed by atoms with van der Waals surface area (Å²) in [4.78, 5) is 4.40. The maximum absolute atomic E-state index is 6.09. The van der Waals surface area contributed by atoms with E-state index < -0.39 is 0 Å². The topological polar surface area (TPSA) is 22.1 Å². The van der Waals surface area contributed by atoms with Crippen molar-refractivity contribution in [2.75, 3.05) is 0 Å². The maximum atomic E-state index is 6.09. The van der Waals surface area contributed by atoms with Crippen LogP contribution in [0.3, 0.4) is 0 Å². The summed E-state index contributed by atoms with van der Waals surface area (Å²) in [5, 5.41) is 0. The van der Waals surface area contributed by atoms with Crippen molar-refractivity contribution in [3.63, 3.8) is 0 Å². The van der Waals surface area contributed by atoms with Gasteiger partial charge in [-0.25, -0.2) is 0 Å². The zero-order valence-corrected chi connectivity index (χ0v) is 11.3. The number of benzene rings is 1. The number of hydrogen-bond donors (Lipinski definition) is 0. The first-order valence-electron chi connectivity index (χ1n) is 6.90. The van der Waals surface area contributed by atoms with Crippen LogP contribution >= 0.6 is 0 Å². The molecule has 0 amide bonds. The average molecular weight is 261 g/mol. The first-order valence-corrected chi connectivity index (χ1v) is 6.90. The normalized spacial score (nSPS) is 22.8. The molecule has 0 fully saturated rings. The minimum absolute atomic E-state index is 0.147. The predicted octanol–water partition coefficient (Wildman–Crippen LogP) is 4.11. The molecular formula is C18H15NO. The van der Waals surface area contributed by atoms with E-state index in [1.807, 2.05) is 24.4 Å². The molecule has 0 N–H and O–H groups in total. The smallest absolute Gasteiger partial charge is 0.128 e. The Morgan fingerprint density at radius 1 is 1.15 bits per heavy atom. The lowest BCUT2D eigenvalue weighted by Gasteiger charge is -2.16. The van der Waals surface area contributed by atoms with Crippen molar-refractivity contribution >= 4 is 0 Å². The van der Waals surface area contributed by atoms with Gasteiger partial charge in [-0.3, -0.25) is 4.98 Å². The molecule has 0 bridgehead atoms. The van der Waals surface area contributed by atoms with Crippen molar-refractivity contribution in [1.29, 1.82) is 0 Å². The zero-order valence-electron chi connectivity index (χ0n) is 11.3. The fourth-order valence-corrected chi connectivity index (χ4v) is 2.92. The van der Waals surface area contributed by atoms with Crippen LogP contribution in [0.5, 0.6) is 5.75 Å². The molecule has 2 nitrogen and oxygen atoms in total. The number of pyridine rings is 1. The van der Waals surface area contributed by atoms with E-state index >= 15 is 0 Å². The van der Waals surface area contributed by atoms with Gasteiger partial charge in [0, 0.05) is 23.2 Å².